The summed E-state index contributed by atoms with van der Waals surface area (Å²) < 4.78 is 16.0. The number of amides is 1. The molecular weight excluding hydrogens is 358 g/mol. The van der Waals surface area contributed by atoms with Gasteiger partial charge >= 0.3 is 0 Å². The fourth-order valence-electron chi connectivity index (χ4n) is 2.69. The van der Waals surface area contributed by atoms with Gasteiger partial charge in [0.15, 0.2) is 0 Å². The minimum absolute atomic E-state index is 0.0490. The van der Waals surface area contributed by atoms with Crippen molar-refractivity contribution >= 4 is 5.91 Å². The van der Waals surface area contributed by atoms with Crippen molar-refractivity contribution < 1.29 is 18.7 Å². The quantitative estimate of drug-likeness (QED) is 0.613. The summed E-state index contributed by atoms with van der Waals surface area (Å²) >= 11 is 0. The van der Waals surface area contributed by atoms with Gasteiger partial charge in [0.1, 0.15) is 11.5 Å². The molecule has 2 aromatic carbocycles. The summed E-state index contributed by atoms with van der Waals surface area (Å²) in [6.07, 6.45) is 1.43. The highest BCUT2D eigenvalue weighted by Gasteiger charge is 2.10. The minimum Gasteiger partial charge on any atom is -0.497 e. The molecule has 7 nitrogen and oxygen atoms in total. The highest BCUT2D eigenvalue weighted by atomic mass is 16.5. The number of aryl methyl sites for hydroxylation is 1. The topological polar surface area (TPSA) is 86.5 Å². The van der Waals surface area contributed by atoms with E-state index in [1.165, 1.54) is 0 Å². The summed E-state index contributed by atoms with van der Waals surface area (Å²) in [5.74, 6) is 2.39. The Morgan fingerprint density at radius 3 is 2.54 bits per heavy atom. The van der Waals surface area contributed by atoms with Gasteiger partial charge in [0, 0.05) is 24.9 Å². The Hall–Kier alpha value is -3.35. The zero-order valence-corrected chi connectivity index (χ0v) is 16.0. The third kappa shape index (κ3) is 5.33. The molecular formula is C21H23N3O4. The van der Waals surface area contributed by atoms with Gasteiger partial charge in [-0.1, -0.05) is 12.1 Å². The standard InChI is InChI=1S/C21H23N3O4/c1-26-17-8-6-16(7-9-17)21-24-23-20(28-21)11-10-19(25)22-13-12-15-4-3-5-18(14-15)27-2/h3-9,14H,10-13H2,1-2H3,(H,22,25). The van der Waals surface area contributed by atoms with Crippen LogP contribution in [0.3, 0.4) is 0 Å². The molecule has 0 bridgehead atoms. The Morgan fingerprint density at radius 2 is 1.79 bits per heavy atom. The van der Waals surface area contributed by atoms with E-state index >= 15 is 0 Å². The summed E-state index contributed by atoms with van der Waals surface area (Å²) in [6, 6.07) is 15.2. The molecule has 28 heavy (non-hydrogen) atoms. The molecule has 0 fully saturated rings. The van der Waals surface area contributed by atoms with Crippen molar-refractivity contribution in [3.8, 4) is 23.0 Å². The minimum atomic E-state index is -0.0490. The maximum atomic E-state index is 12.0. The third-order valence-corrected chi connectivity index (χ3v) is 4.24. The number of hydrogen-bond acceptors (Lipinski definition) is 6. The normalized spacial score (nSPS) is 10.5. The molecule has 0 radical (unpaired) electrons. The Labute approximate surface area is 163 Å². The highest BCUT2D eigenvalue weighted by molar-refractivity contribution is 5.76. The maximum Gasteiger partial charge on any atom is 0.247 e. The van der Waals surface area contributed by atoms with Crippen molar-refractivity contribution in [3.63, 3.8) is 0 Å². The predicted molar refractivity (Wildman–Crippen MR) is 104 cm³/mol. The summed E-state index contributed by atoms with van der Waals surface area (Å²) in [5, 5.41) is 11.0. The Bertz CT molecular complexity index is 906. The zero-order valence-electron chi connectivity index (χ0n) is 16.0. The van der Waals surface area contributed by atoms with E-state index in [-0.39, 0.29) is 5.91 Å². The van der Waals surface area contributed by atoms with Gasteiger partial charge < -0.3 is 19.2 Å². The van der Waals surface area contributed by atoms with Gasteiger partial charge in [-0.05, 0) is 48.4 Å². The van der Waals surface area contributed by atoms with Crippen LogP contribution in [0.2, 0.25) is 0 Å². The van der Waals surface area contributed by atoms with Crippen molar-refractivity contribution in [2.24, 2.45) is 0 Å². The number of hydrogen-bond donors (Lipinski definition) is 1. The van der Waals surface area contributed by atoms with Gasteiger partial charge in [0.2, 0.25) is 17.7 Å². The van der Waals surface area contributed by atoms with Crippen molar-refractivity contribution in [1.82, 2.24) is 15.5 Å². The predicted octanol–water partition coefficient (Wildman–Crippen LogP) is 3.05. The molecule has 1 amide bonds. The highest BCUT2D eigenvalue weighted by Crippen LogP contribution is 2.21. The first-order chi connectivity index (χ1) is 13.7. The van der Waals surface area contributed by atoms with Crippen molar-refractivity contribution in [2.45, 2.75) is 19.3 Å². The summed E-state index contributed by atoms with van der Waals surface area (Å²) in [6.45, 7) is 0.562. The monoisotopic (exact) mass is 381 g/mol. The average molecular weight is 381 g/mol. The van der Waals surface area contributed by atoms with E-state index in [9.17, 15) is 4.79 Å². The molecule has 0 saturated carbocycles. The fraction of sp³-hybridized carbons (Fsp3) is 0.286. The number of ether oxygens (including phenoxy) is 2. The number of carbonyl (C=O) groups excluding carboxylic acids is 1. The maximum absolute atomic E-state index is 12.0. The van der Waals surface area contributed by atoms with Crippen LogP contribution in [0.4, 0.5) is 0 Å². The fourth-order valence-corrected chi connectivity index (χ4v) is 2.69. The van der Waals surface area contributed by atoms with E-state index in [4.69, 9.17) is 13.9 Å². The van der Waals surface area contributed by atoms with Crippen LogP contribution in [0.5, 0.6) is 11.5 Å². The summed E-state index contributed by atoms with van der Waals surface area (Å²) in [7, 11) is 3.25. The molecule has 0 aliphatic rings. The van der Waals surface area contributed by atoms with Gasteiger partial charge in [-0.25, -0.2) is 0 Å². The number of carbonyl (C=O) groups is 1. The van der Waals surface area contributed by atoms with E-state index in [1.54, 1.807) is 14.2 Å². The van der Waals surface area contributed by atoms with Crippen molar-refractivity contribution in [2.75, 3.05) is 20.8 Å². The van der Waals surface area contributed by atoms with Crippen LogP contribution >= 0.6 is 0 Å². The lowest BCUT2D eigenvalue weighted by molar-refractivity contribution is -0.121. The first-order valence-electron chi connectivity index (χ1n) is 9.04. The molecule has 7 heteroatoms. The van der Waals surface area contributed by atoms with Crippen molar-refractivity contribution in [1.29, 1.82) is 0 Å². The van der Waals surface area contributed by atoms with Gasteiger partial charge in [-0.2, -0.15) is 0 Å². The lowest BCUT2D eigenvalue weighted by atomic mass is 10.1. The number of methoxy groups -OCH3 is 2. The largest absolute Gasteiger partial charge is 0.497 e. The first kappa shape index (κ1) is 19.4. The molecule has 3 aromatic rings. The third-order valence-electron chi connectivity index (χ3n) is 4.24. The van der Waals surface area contributed by atoms with Crippen LogP contribution in [0.15, 0.2) is 52.9 Å². The Kier molecular flexibility index (Phi) is 6.62. The lowest BCUT2D eigenvalue weighted by Crippen LogP contribution is -2.25. The van der Waals surface area contributed by atoms with Gasteiger partial charge in [-0.15, -0.1) is 10.2 Å². The van der Waals surface area contributed by atoms with Crippen molar-refractivity contribution in [3.05, 3.63) is 60.0 Å². The molecule has 0 aliphatic heterocycles. The summed E-state index contributed by atoms with van der Waals surface area (Å²) in [4.78, 5) is 12.0. The van der Waals surface area contributed by atoms with Crippen LogP contribution in [0, 0.1) is 0 Å². The molecule has 0 aliphatic carbocycles. The molecule has 0 unspecified atom stereocenters. The van der Waals surface area contributed by atoms with E-state index in [0.717, 1.165) is 29.0 Å². The second kappa shape index (κ2) is 9.55. The molecule has 0 spiro atoms. The lowest BCUT2D eigenvalue weighted by Gasteiger charge is -2.06. The van der Waals surface area contributed by atoms with Crippen LogP contribution in [-0.4, -0.2) is 36.9 Å². The average Bonchev–Trinajstić information content (AvgIpc) is 3.21. The summed E-state index contributed by atoms with van der Waals surface area (Å²) in [5.41, 5.74) is 1.92. The van der Waals surface area contributed by atoms with Crippen LogP contribution < -0.4 is 14.8 Å². The van der Waals surface area contributed by atoms with E-state index in [2.05, 4.69) is 15.5 Å². The Balaban J connectivity index is 1.43. The number of rotatable bonds is 9. The first-order valence-corrected chi connectivity index (χ1v) is 9.04. The smallest absolute Gasteiger partial charge is 0.247 e. The number of nitrogens with zero attached hydrogens (tertiary/aromatic N) is 2. The molecule has 146 valence electrons. The van der Waals surface area contributed by atoms with Gasteiger partial charge in [-0.3, -0.25) is 4.79 Å². The molecule has 1 aromatic heterocycles. The van der Waals surface area contributed by atoms with Crippen LogP contribution in [-0.2, 0) is 17.6 Å². The second-order valence-corrected chi connectivity index (χ2v) is 6.18. The van der Waals surface area contributed by atoms with E-state index in [1.807, 2.05) is 48.5 Å². The van der Waals surface area contributed by atoms with E-state index < -0.39 is 0 Å². The van der Waals surface area contributed by atoms with Gasteiger partial charge in [0.25, 0.3) is 0 Å². The van der Waals surface area contributed by atoms with E-state index in [0.29, 0.717) is 31.2 Å². The van der Waals surface area contributed by atoms with Crippen LogP contribution in [0.1, 0.15) is 17.9 Å². The number of nitrogens with one attached hydrogen (secondary N) is 1. The van der Waals surface area contributed by atoms with Gasteiger partial charge in [0.05, 0.1) is 14.2 Å². The Morgan fingerprint density at radius 1 is 1.00 bits per heavy atom. The van der Waals surface area contributed by atoms with Crippen LogP contribution in [0.25, 0.3) is 11.5 Å². The SMILES string of the molecule is COc1ccc(-c2nnc(CCC(=O)NCCc3cccc(OC)c3)o2)cc1. The molecule has 1 heterocycles. The second-order valence-electron chi connectivity index (χ2n) is 6.18. The molecule has 0 atom stereocenters. The molecule has 3 rings (SSSR count). The molecule has 1 N–H and O–H groups in total. The number of benzene rings is 2. The number of aromatic nitrogens is 2. The zero-order chi connectivity index (χ0) is 19.8. The molecule has 0 saturated heterocycles.